The molecule has 0 bridgehead atoms. The Morgan fingerprint density at radius 1 is 1.12 bits per heavy atom. The van der Waals surface area contributed by atoms with Gasteiger partial charge in [-0.05, 0) is 36.6 Å². The van der Waals surface area contributed by atoms with Crippen LogP contribution in [-0.4, -0.2) is 36.1 Å². The van der Waals surface area contributed by atoms with Crippen LogP contribution in [-0.2, 0) is 4.74 Å². The molecule has 138 valence electrons. The van der Waals surface area contributed by atoms with Crippen LogP contribution in [0.2, 0.25) is 0 Å². The first-order valence-electron chi connectivity index (χ1n) is 7.80. The first-order valence-corrected chi connectivity index (χ1v) is 11.0. The lowest BCUT2D eigenvalue weighted by Gasteiger charge is -2.08. The number of hydrogen-bond donors (Lipinski definition) is 2. The fourth-order valence-electron chi connectivity index (χ4n) is 1.93. The van der Waals surface area contributed by atoms with E-state index in [1.54, 1.807) is 11.8 Å². The highest BCUT2D eigenvalue weighted by Gasteiger charge is 2.07. The number of hydrogen-bond acceptors (Lipinski definition) is 7. The summed E-state index contributed by atoms with van der Waals surface area (Å²) in [4.78, 5) is 18.0. The van der Waals surface area contributed by atoms with Crippen LogP contribution in [0.3, 0.4) is 0 Å². The number of nitrogen functional groups attached to an aromatic ring is 1. The average molecular weight is 408 g/mol. The highest BCUT2D eigenvalue weighted by Crippen LogP contribution is 2.30. The Balaban J connectivity index is 1.90. The first-order chi connectivity index (χ1) is 12.6. The summed E-state index contributed by atoms with van der Waals surface area (Å²) in [6, 6.07) is 16.1. The van der Waals surface area contributed by atoms with Gasteiger partial charge in [-0.1, -0.05) is 30.0 Å². The highest BCUT2D eigenvalue weighted by atomic mass is 32.2. The molecule has 2 aromatic rings. The van der Waals surface area contributed by atoms with Gasteiger partial charge in [0.25, 0.3) is 0 Å². The van der Waals surface area contributed by atoms with Crippen molar-refractivity contribution in [1.82, 2.24) is 5.32 Å². The van der Waals surface area contributed by atoms with Gasteiger partial charge >= 0.3 is 6.09 Å². The maximum atomic E-state index is 11.3. The number of methoxy groups -OCH3 is 1. The Morgan fingerprint density at radius 2 is 1.81 bits per heavy atom. The summed E-state index contributed by atoms with van der Waals surface area (Å²) < 4.78 is 4.58. The molecule has 0 atom stereocenters. The summed E-state index contributed by atoms with van der Waals surface area (Å²) in [6.45, 7) is 0. The molecule has 0 radical (unpaired) electrons. The lowest BCUT2D eigenvalue weighted by molar-refractivity contribution is 0.177. The largest absolute Gasteiger partial charge is 0.453 e. The Morgan fingerprint density at radius 3 is 2.42 bits per heavy atom. The Kier molecular flexibility index (Phi) is 8.73. The maximum absolute atomic E-state index is 11.3. The summed E-state index contributed by atoms with van der Waals surface area (Å²) in [5, 5.41) is 2.99. The first kappa shape index (κ1) is 20.5. The van der Waals surface area contributed by atoms with Crippen LogP contribution in [0, 0.1) is 0 Å². The number of alkyl carbamates (subject to hydrolysis) is 1. The minimum absolute atomic E-state index is 0.434. The molecular formula is C18H21N3O2S3. The molecule has 8 heteroatoms. The third-order valence-corrected chi connectivity index (χ3v) is 6.02. The van der Waals surface area contributed by atoms with Crippen LogP contribution in [0.25, 0.3) is 0 Å². The van der Waals surface area contributed by atoms with Crippen LogP contribution >= 0.6 is 35.3 Å². The third-order valence-electron chi connectivity index (χ3n) is 3.17. The van der Waals surface area contributed by atoms with Crippen LogP contribution in [0.1, 0.15) is 0 Å². The number of benzene rings is 2. The van der Waals surface area contributed by atoms with Gasteiger partial charge in [0.2, 0.25) is 0 Å². The summed E-state index contributed by atoms with van der Waals surface area (Å²) in [7, 11) is 1.31. The van der Waals surface area contributed by atoms with Crippen molar-refractivity contribution >= 4 is 57.9 Å². The van der Waals surface area contributed by atoms with E-state index >= 15 is 0 Å². The fraction of sp³-hybridized carbons (Fsp3) is 0.222. The Labute approximate surface area is 166 Å². The molecule has 0 fully saturated rings. The molecule has 1 amide bonds. The van der Waals surface area contributed by atoms with Crippen molar-refractivity contribution in [1.29, 1.82) is 0 Å². The van der Waals surface area contributed by atoms with Crippen molar-refractivity contribution in [3.63, 3.8) is 0 Å². The minimum atomic E-state index is -0.556. The van der Waals surface area contributed by atoms with E-state index in [0.29, 0.717) is 16.5 Å². The standard InChI is InChI=1S/C18H21N3O2S3/c1-23-18(22)21-17(24-2)20-16-9-8-14(12-15(16)19)26-11-10-25-13-6-4-3-5-7-13/h3-9,12H,10-11,19H2,1-2H3,(H,20,21,22). The van der Waals surface area contributed by atoms with Gasteiger partial charge in [0, 0.05) is 21.3 Å². The quantitative estimate of drug-likeness (QED) is 0.234. The number of carbonyl (C=O) groups excluding carboxylic acids is 1. The number of amides is 1. The number of amidine groups is 1. The van der Waals surface area contributed by atoms with Gasteiger partial charge < -0.3 is 10.5 Å². The van der Waals surface area contributed by atoms with Crippen molar-refractivity contribution in [3.05, 3.63) is 48.5 Å². The van der Waals surface area contributed by atoms with Crippen LogP contribution in [0.5, 0.6) is 0 Å². The van der Waals surface area contributed by atoms with E-state index in [1.807, 2.05) is 54.4 Å². The van der Waals surface area contributed by atoms with Gasteiger partial charge in [0.05, 0.1) is 18.5 Å². The second-order valence-corrected chi connectivity index (χ2v) is 8.10. The second kappa shape index (κ2) is 11.1. The van der Waals surface area contributed by atoms with Crippen molar-refractivity contribution in [2.24, 2.45) is 4.99 Å². The predicted octanol–water partition coefficient (Wildman–Crippen LogP) is 4.86. The second-order valence-electron chi connectivity index (χ2n) is 4.97. The number of carbonyl (C=O) groups is 1. The average Bonchev–Trinajstić information content (AvgIpc) is 2.67. The van der Waals surface area contributed by atoms with E-state index in [0.717, 1.165) is 16.4 Å². The summed E-state index contributed by atoms with van der Waals surface area (Å²) in [5.74, 6) is 2.01. The molecule has 0 aliphatic carbocycles. The SMILES string of the molecule is COC(=O)NC(=Nc1ccc(SCCSc2ccccc2)cc1N)SC. The van der Waals surface area contributed by atoms with E-state index < -0.39 is 6.09 Å². The molecule has 0 unspecified atom stereocenters. The van der Waals surface area contributed by atoms with Crippen LogP contribution < -0.4 is 11.1 Å². The molecule has 2 aromatic carbocycles. The monoisotopic (exact) mass is 407 g/mol. The summed E-state index contributed by atoms with van der Waals surface area (Å²) >= 11 is 4.91. The third kappa shape index (κ3) is 6.86. The van der Waals surface area contributed by atoms with Gasteiger partial charge in [-0.25, -0.2) is 9.79 Å². The van der Waals surface area contributed by atoms with E-state index in [-0.39, 0.29) is 0 Å². The molecule has 2 rings (SSSR count). The number of nitrogens with zero attached hydrogens (tertiary/aromatic N) is 1. The molecule has 0 aliphatic heterocycles. The molecule has 0 heterocycles. The molecule has 0 spiro atoms. The lowest BCUT2D eigenvalue weighted by Crippen LogP contribution is -2.27. The van der Waals surface area contributed by atoms with Gasteiger partial charge in [0.15, 0.2) is 5.17 Å². The number of aliphatic imine (C=N–C) groups is 1. The van der Waals surface area contributed by atoms with Crippen molar-refractivity contribution in [2.45, 2.75) is 9.79 Å². The minimum Gasteiger partial charge on any atom is -0.453 e. The van der Waals surface area contributed by atoms with Gasteiger partial charge in [-0.15, -0.1) is 23.5 Å². The molecule has 0 aliphatic rings. The lowest BCUT2D eigenvalue weighted by atomic mass is 10.3. The van der Waals surface area contributed by atoms with Crippen LogP contribution in [0.15, 0.2) is 63.3 Å². The zero-order valence-electron chi connectivity index (χ0n) is 14.6. The fourth-order valence-corrected chi connectivity index (χ4v) is 4.17. The van der Waals surface area contributed by atoms with E-state index in [1.165, 1.54) is 23.8 Å². The molecule has 0 saturated carbocycles. The summed E-state index contributed by atoms with van der Waals surface area (Å²) in [6.07, 6.45) is 1.26. The number of nitrogens with two attached hydrogens (primary N) is 1. The van der Waals surface area contributed by atoms with E-state index in [2.05, 4.69) is 27.2 Å². The number of thioether (sulfide) groups is 3. The van der Waals surface area contributed by atoms with Crippen molar-refractivity contribution in [3.8, 4) is 0 Å². The zero-order chi connectivity index (χ0) is 18.8. The normalized spacial score (nSPS) is 11.2. The number of rotatable bonds is 6. The Bertz CT molecular complexity index is 755. The van der Waals surface area contributed by atoms with E-state index in [9.17, 15) is 4.79 Å². The number of anilines is 1. The van der Waals surface area contributed by atoms with Crippen LogP contribution in [0.4, 0.5) is 16.2 Å². The molecule has 3 N–H and O–H groups in total. The smallest absolute Gasteiger partial charge is 0.412 e. The topological polar surface area (TPSA) is 76.7 Å². The van der Waals surface area contributed by atoms with E-state index in [4.69, 9.17) is 5.73 Å². The van der Waals surface area contributed by atoms with Gasteiger partial charge in [-0.3, -0.25) is 5.32 Å². The molecule has 0 aromatic heterocycles. The molecule has 5 nitrogen and oxygen atoms in total. The van der Waals surface area contributed by atoms with Crippen molar-refractivity contribution < 1.29 is 9.53 Å². The summed E-state index contributed by atoms with van der Waals surface area (Å²) in [5.41, 5.74) is 7.30. The predicted molar refractivity (Wildman–Crippen MR) is 115 cm³/mol. The number of ether oxygens (including phenoxy) is 1. The zero-order valence-corrected chi connectivity index (χ0v) is 17.0. The van der Waals surface area contributed by atoms with Gasteiger partial charge in [-0.2, -0.15) is 0 Å². The molecular weight excluding hydrogens is 386 g/mol. The van der Waals surface area contributed by atoms with Crippen molar-refractivity contribution in [2.75, 3.05) is 30.6 Å². The highest BCUT2D eigenvalue weighted by molar-refractivity contribution is 8.13. The molecule has 26 heavy (non-hydrogen) atoms. The maximum Gasteiger partial charge on any atom is 0.412 e. The Hall–Kier alpha value is -1.77. The molecule has 0 saturated heterocycles. The number of nitrogens with one attached hydrogen (secondary N) is 1. The van der Waals surface area contributed by atoms with Gasteiger partial charge in [0.1, 0.15) is 0 Å².